The summed E-state index contributed by atoms with van der Waals surface area (Å²) in [6.07, 6.45) is 4.20. The fourth-order valence-electron chi connectivity index (χ4n) is 4.65. The number of amides is 1. The first-order valence-electron chi connectivity index (χ1n) is 12.0. The molecule has 1 amide bonds. The van der Waals surface area contributed by atoms with Gasteiger partial charge in [-0.2, -0.15) is 5.26 Å². The highest BCUT2D eigenvalue weighted by Gasteiger charge is 2.33. The minimum absolute atomic E-state index is 0.114. The fraction of sp³-hybridized carbons (Fsp3) is 0.333. The molecule has 0 aliphatic carbocycles. The second-order valence-electron chi connectivity index (χ2n) is 8.70. The Bertz CT molecular complexity index is 1320. The highest BCUT2D eigenvalue weighted by Crippen LogP contribution is 2.36. The van der Waals surface area contributed by atoms with Crippen molar-refractivity contribution in [3.05, 3.63) is 74.9 Å². The lowest BCUT2D eigenvalue weighted by Gasteiger charge is -2.39. The summed E-state index contributed by atoms with van der Waals surface area (Å²) in [6, 6.07) is 12.4. The van der Waals surface area contributed by atoms with Gasteiger partial charge in [0, 0.05) is 50.5 Å². The van der Waals surface area contributed by atoms with Crippen LogP contribution in [0, 0.1) is 18.3 Å². The van der Waals surface area contributed by atoms with Gasteiger partial charge < -0.3 is 9.80 Å². The van der Waals surface area contributed by atoms with Gasteiger partial charge in [0.05, 0.1) is 4.91 Å². The molecule has 2 fully saturated rings. The number of carbonyl (C=O) groups is 1. The maximum atomic E-state index is 13.4. The van der Waals surface area contributed by atoms with Crippen LogP contribution in [0.1, 0.15) is 30.0 Å². The molecule has 3 heterocycles. The summed E-state index contributed by atoms with van der Waals surface area (Å²) in [5, 5.41) is 9.83. The maximum Gasteiger partial charge on any atom is 0.270 e. The molecule has 0 bridgehead atoms. The van der Waals surface area contributed by atoms with Crippen LogP contribution in [0.15, 0.2) is 52.7 Å². The summed E-state index contributed by atoms with van der Waals surface area (Å²) in [4.78, 5) is 33.0. The van der Waals surface area contributed by atoms with E-state index < -0.39 is 0 Å². The molecule has 2 aromatic rings. The summed E-state index contributed by atoms with van der Waals surface area (Å²) in [5.41, 5.74) is 2.32. The molecule has 36 heavy (non-hydrogen) atoms. The van der Waals surface area contributed by atoms with Gasteiger partial charge in [0.25, 0.3) is 11.5 Å². The number of benzene rings is 1. The molecule has 4 rings (SSSR count). The molecule has 2 saturated heterocycles. The number of thiocarbonyl (C=S) groups is 1. The van der Waals surface area contributed by atoms with Gasteiger partial charge in [-0.3, -0.25) is 19.1 Å². The number of rotatable bonds is 7. The van der Waals surface area contributed by atoms with Gasteiger partial charge in [0.1, 0.15) is 21.8 Å². The quantitative estimate of drug-likeness (QED) is 0.309. The van der Waals surface area contributed by atoms with E-state index >= 15 is 0 Å². The van der Waals surface area contributed by atoms with Crippen molar-refractivity contribution in [3.63, 3.8) is 0 Å². The minimum atomic E-state index is -0.284. The first-order valence-corrected chi connectivity index (χ1v) is 13.2. The van der Waals surface area contributed by atoms with Crippen molar-refractivity contribution < 1.29 is 4.79 Å². The molecule has 186 valence electrons. The van der Waals surface area contributed by atoms with Crippen LogP contribution in [0.5, 0.6) is 0 Å². The van der Waals surface area contributed by atoms with Crippen LogP contribution >= 0.6 is 24.0 Å². The molecule has 0 unspecified atom stereocenters. The number of piperazine rings is 1. The van der Waals surface area contributed by atoms with E-state index in [0.717, 1.165) is 30.9 Å². The van der Waals surface area contributed by atoms with Crippen molar-refractivity contribution in [2.24, 2.45) is 0 Å². The Morgan fingerprint density at radius 2 is 1.81 bits per heavy atom. The number of para-hydroxylation sites is 1. The van der Waals surface area contributed by atoms with Gasteiger partial charge in [0.15, 0.2) is 0 Å². The average molecular weight is 520 g/mol. The van der Waals surface area contributed by atoms with Gasteiger partial charge in [-0.1, -0.05) is 55.2 Å². The predicted molar refractivity (Wildman–Crippen MR) is 151 cm³/mol. The third-order valence-electron chi connectivity index (χ3n) is 6.45. The van der Waals surface area contributed by atoms with Gasteiger partial charge in [-0.25, -0.2) is 0 Å². The number of carbonyl (C=O) groups excluding carboxylic acids is 1. The Labute approximate surface area is 221 Å². The van der Waals surface area contributed by atoms with E-state index in [-0.39, 0.29) is 17.0 Å². The van der Waals surface area contributed by atoms with E-state index in [1.54, 1.807) is 17.6 Å². The second kappa shape index (κ2) is 11.1. The summed E-state index contributed by atoms with van der Waals surface area (Å²) >= 11 is 6.66. The number of hydrogen-bond donors (Lipinski definition) is 0. The van der Waals surface area contributed by atoms with Gasteiger partial charge in [0.2, 0.25) is 0 Å². The third kappa shape index (κ3) is 4.84. The Balaban J connectivity index is 1.80. The van der Waals surface area contributed by atoms with Crippen LogP contribution < -0.4 is 15.4 Å². The van der Waals surface area contributed by atoms with Crippen molar-refractivity contribution in [2.75, 3.05) is 42.5 Å². The van der Waals surface area contributed by atoms with Crippen LogP contribution in [0.4, 0.5) is 11.5 Å². The monoisotopic (exact) mass is 519 g/mol. The molecule has 7 nitrogen and oxygen atoms in total. The normalized spacial score (nSPS) is 17.1. The Morgan fingerprint density at radius 1 is 1.14 bits per heavy atom. The van der Waals surface area contributed by atoms with Crippen molar-refractivity contribution in [1.82, 2.24) is 9.47 Å². The lowest BCUT2D eigenvalue weighted by molar-refractivity contribution is -0.121. The number of nitrogens with zero attached hydrogens (tertiary/aromatic N) is 5. The number of pyridine rings is 1. The van der Waals surface area contributed by atoms with Crippen LogP contribution in [-0.2, 0) is 11.3 Å². The maximum absolute atomic E-state index is 13.4. The van der Waals surface area contributed by atoms with Crippen LogP contribution in [0.3, 0.4) is 0 Å². The highest BCUT2D eigenvalue weighted by atomic mass is 32.2. The van der Waals surface area contributed by atoms with Crippen LogP contribution in [0.25, 0.3) is 6.08 Å². The number of aromatic nitrogens is 1. The number of hydrogen-bond acceptors (Lipinski definition) is 7. The van der Waals surface area contributed by atoms with Crippen molar-refractivity contribution in [2.45, 2.75) is 26.8 Å². The molecular formula is C27H29N5O2S2. The molecule has 0 N–H and O–H groups in total. The molecule has 1 aromatic carbocycles. The lowest BCUT2D eigenvalue weighted by Crippen LogP contribution is -2.48. The molecule has 9 heteroatoms. The molecule has 1 aromatic heterocycles. The third-order valence-corrected chi connectivity index (χ3v) is 7.83. The van der Waals surface area contributed by atoms with E-state index in [9.17, 15) is 14.9 Å². The fourth-order valence-corrected chi connectivity index (χ4v) is 5.91. The molecule has 0 atom stereocenters. The molecule has 0 radical (unpaired) electrons. The highest BCUT2D eigenvalue weighted by molar-refractivity contribution is 8.26. The zero-order chi connectivity index (χ0) is 25.8. The van der Waals surface area contributed by atoms with E-state index in [0.29, 0.717) is 41.0 Å². The minimum Gasteiger partial charge on any atom is -0.368 e. The van der Waals surface area contributed by atoms with E-state index in [2.05, 4.69) is 34.6 Å². The zero-order valence-corrected chi connectivity index (χ0v) is 22.2. The summed E-state index contributed by atoms with van der Waals surface area (Å²) < 4.78 is 2.18. The summed E-state index contributed by atoms with van der Waals surface area (Å²) in [6.45, 7) is 11.4. The smallest absolute Gasteiger partial charge is 0.270 e. The summed E-state index contributed by atoms with van der Waals surface area (Å²) in [5.74, 6) is 0.580. The van der Waals surface area contributed by atoms with Crippen molar-refractivity contribution in [3.8, 4) is 6.07 Å². The summed E-state index contributed by atoms with van der Waals surface area (Å²) in [7, 11) is 0. The number of nitriles is 1. The first-order chi connectivity index (χ1) is 17.4. The van der Waals surface area contributed by atoms with Crippen LogP contribution in [-0.4, -0.2) is 52.4 Å². The zero-order valence-electron chi connectivity index (χ0n) is 20.6. The molecule has 2 aliphatic rings. The Hall–Kier alpha value is -3.35. The first kappa shape index (κ1) is 25.7. The van der Waals surface area contributed by atoms with Gasteiger partial charge >= 0.3 is 0 Å². The molecule has 2 aliphatic heterocycles. The average Bonchev–Trinajstić information content (AvgIpc) is 3.15. The second-order valence-corrected chi connectivity index (χ2v) is 10.4. The van der Waals surface area contributed by atoms with Gasteiger partial charge in [-0.15, -0.1) is 6.58 Å². The van der Waals surface area contributed by atoms with E-state index in [1.165, 1.54) is 22.3 Å². The predicted octanol–water partition coefficient (Wildman–Crippen LogP) is 4.15. The molecule has 0 saturated carbocycles. The van der Waals surface area contributed by atoms with E-state index in [1.807, 2.05) is 31.2 Å². The molecular weight excluding hydrogens is 490 g/mol. The van der Waals surface area contributed by atoms with E-state index in [4.69, 9.17) is 12.2 Å². The Kier molecular flexibility index (Phi) is 7.97. The molecule has 0 spiro atoms. The Morgan fingerprint density at radius 3 is 2.42 bits per heavy atom. The van der Waals surface area contributed by atoms with Crippen molar-refractivity contribution in [1.29, 1.82) is 5.26 Å². The van der Waals surface area contributed by atoms with Crippen LogP contribution in [0.2, 0.25) is 0 Å². The number of thioether (sulfide) groups is 1. The topological polar surface area (TPSA) is 72.6 Å². The SMILES string of the molecule is C=CCN1C(=O)/C(=C/c2c(C)c(C#N)c(=O)n(CCC)c2N2CCN(c3ccccc3)CC2)SC1=S. The van der Waals surface area contributed by atoms with Gasteiger partial charge in [-0.05, 0) is 37.1 Å². The largest absolute Gasteiger partial charge is 0.368 e. The number of anilines is 2. The van der Waals surface area contributed by atoms with Crippen molar-refractivity contribution >= 4 is 51.8 Å². The standard InChI is InChI=1S/C27H29N5O2S2/c1-4-11-31-24(30-15-13-29(14-16-30)20-9-7-6-8-10-20)21(19(3)22(18-28)25(31)33)17-23-26(34)32(12-5-2)27(35)36-23/h5-10,17H,2,4,11-16H2,1,3H3/b23-17-. The lowest BCUT2D eigenvalue weighted by atomic mass is 10.0.